The molecule has 138 valence electrons. The number of aryl methyl sites for hydroxylation is 4. The van der Waals surface area contributed by atoms with E-state index in [1.165, 1.54) is 5.56 Å². The van der Waals surface area contributed by atoms with E-state index in [0.29, 0.717) is 24.5 Å². The topological polar surface area (TPSA) is 35.5 Å². The maximum absolute atomic E-state index is 13.1. The molecule has 3 nitrogen and oxygen atoms in total. The van der Waals surface area contributed by atoms with E-state index in [1.807, 2.05) is 45.0 Å². The van der Waals surface area contributed by atoms with Crippen molar-refractivity contribution in [3.8, 4) is 5.75 Å². The molecule has 0 N–H and O–H groups in total. The molecule has 0 radical (unpaired) electrons. The Kier molecular flexibility index (Phi) is 4.57. The molecule has 0 amide bonds. The number of ether oxygens (including phenoxy) is 2. The molecule has 4 rings (SSSR count). The molecule has 0 saturated heterocycles. The number of halogens is 1. The van der Waals surface area contributed by atoms with Crippen molar-refractivity contribution in [2.45, 2.75) is 40.9 Å². The smallest absolute Gasteiger partial charge is 0.344 e. The minimum absolute atomic E-state index is 0.313. The molecular weight excluding hydrogens is 404 g/mol. The summed E-state index contributed by atoms with van der Waals surface area (Å²) in [5.41, 5.74) is 6.94. The zero-order chi connectivity index (χ0) is 19.3. The summed E-state index contributed by atoms with van der Waals surface area (Å²) >= 11 is 3.55. The lowest BCUT2D eigenvalue weighted by atomic mass is 9.95. The highest BCUT2D eigenvalue weighted by Gasteiger charge is 2.26. The van der Waals surface area contributed by atoms with Crippen molar-refractivity contribution in [3.05, 3.63) is 73.7 Å². The molecule has 0 fully saturated rings. The molecule has 1 heterocycles. The predicted octanol–water partition coefficient (Wildman–Crippen LogP) is 6.09. The van der Waals surface area contributed by atoms with Gasteiger partial charge in [0.25, 0.3) is 0 Å². The third-order valence-corrected chi connectivity index (χ3v) is 5.78. The molecule has 0 unspecified atom stereocenters. The Morgan fingerprint density at radius 3 is 2.33 bits per heavy atom. The predicted molar refractivity (Wildman–Crippen MR) is 110 cm³/mol. The summed E-state index contributed by atoms with van der Waals surface area (Å²) in [4.78, 5) is 13.1. The first-order valence-corrected chi connectivity index (χ1v) is 9.77. The molecule has 1 aliphatic rings. The number of rotatable bonds is 2. The van der Waals surface area contributed by atoms with Crippen LogP contribution in [-0.4, -0.2) is 5.97 Å². The molecular formula is C23H21BrO3. The van der Waals surface area contributed by atoms with Gasteiger partial charge < -0.3 is 9.47 Å². The van der Waals surface area contributed by atoms with Crippen molar-refractivity contribution in [1.29, 1.82) is 0 Å². The first-order valence-electron chi connectivity index (χ1n) is 8.98. The number of benzene rings is 3. The van der Waals surface area contributed by atoms with Crippen molar-refractivity contribution in [2.24, 2.45) is 0 Å². The molecule has 0 saturated carbocycles. The number of carbonyl (C=O) groups is 1. The average Bonchev–Trinajstić information content (AvgIpc) is 3.07. The van der Waals surface area contributed by atoms with Crippen LogP contribution < -0.4 is 4.74 Å². The second kappa shape index (κ2) is 6.77. The Labute approximate surface area is 167 Å². The summed E-state index contributed by atoms with van der Waals surface area (Å²) in [6, 6.07) is 10.1. The molecule has 3 aromatic carbocycles. The highest BCUT2D eigenvalue weighted by molar-refractivity contribution is 9.10. The van der Waals surface area contributed by atoms with Crippen LogP contribution in [0, 0.1) is 27.7 Å². The molecule has 0 spiro atoms. The van der Waals surface area contributed by atoms with Crippen LogP contribution in [0.1, 0.15) is 43.7 Å². The summed E-state index contributed by atoms with van der Waals surface area (Å²) in [6.07, 6.45) is 0. The van der Waals surface area contributed by atoms with Gasteiger partial charge in [-0.25, -0.2) is 4.79 Å². The van der Waals surface area contributed by atoms with E-state index in [4.69, 9.17) is 9.47 Å². The fraction of sp³-hybridized carbons (Fsp3) is 0.261. The third kappa shape index (κ3) is 3.07. The monoisotopic (exact) mass is 424 g/mol. The van der Waals surface area contributed by atoms with Crippen LogP contribution in [0.2, 0.25) is 0 Å². The van der Waals surface area contributed by atoms with E-state index < -0.39 is 0 Å². The second-order valence-electron chi connectivity index (χ2n) is 7.26. The highest BCUT2D eigenvalue weighted by atomic mass is 79.9. The van der Waals surface area contributed by atoms with Crippen LogP contribution in [0.15, 0.2) is 34.8 Å². The van der Waals surface area contributed by atoms with Crippen molar-refractivity contribution in [1.82, 2.24) is 0 Å². The van der Waals surface area contributed by atoms with Gasteiger partial charge in [0.15, 0.2) is 0 Å². The normalized spacial score (nSPS) is 13.1. The Morgan fingerprint density at radius 2 is 1.63 bits per heavy atom. The standard InChI is InChI=1S/C23H21BrO3/c1-12-7-13(2)21(14(3)8-12)23(25)27-22-17-6-5-16(24)9-18(17)15(4)19-10-26-11-20(19)22/h5-9H,10-11H2,1-4H3. The first-order chi connectivity index (χ1) is 12.9. The van der Waals surface area contributed by atoms with Crippen LogP contribution in [0.25, 0.3) is 10.8 Å². The quantitative estimate of drug-likeness (QED) is 0.369. The van der Waals surface area contributed by atoms with Crippen LogP contribution >= 0.6 is 15.9 Å². The lowest BCUT2D eigenvalue weighted by Gasteiger charge is -2.17. The van der Waals surface area contributed by atoms with Crippen LogP contribution in [-0.2, 0) is 18.0 Å². The number of hydrogen-bond acceptors (Lipinski definition) is 3. The van der Waals surface area contributed by atoms with E-state index in [1.54, 1.807) is 0 Å². The fourth-order valence-corrected chi connectivity index (χ4v) is 4.44. The maximum Gasteiger partial charge on any atom is 0.344 e. The van der Waals surface area contributed by atoms with Crippen LogP contribution in [0.4, 0.5) is 0 Å². The minimum Gasteiger partial charge on any atom is -0.422 e. The van der Waals surface area contributed by atoms with Gasteiger partial charge in [-0.05, 0) is 73.5 Å². The maximum atomic E-state index is 13.1. The Bertz CT molecular complexity index is 1080. The van der Waals surface area contributed by atoms with Crippen molar-refractivity contribution < 1.29 is 14.3 Å². The molecule has 27 heavy (non-hydrogen) atoms. The molecule has 4 heteroatoms. The van der Waals surface area contributed by atoms with Crippen molar-refractivity contribution >= 4 is 32.7 Å². The van der Waals surface area contributed by atoms with E-state index in [0.717, 1.165) is 43.1 Å². The number of esters is 1. The Morgan fingerprint density at radius 1 is 0.963 bits per heavy atom. The van der Waals surface area contributed by atoms with Gasteiger partial charge in [-0.3, -0.25) is 0 Å². The third-order valence-electron chi connectivity index (χ3n) is 5.29. The van der Waals surface area contributed by atoms with E-state index in [2.05, 4.69) is 28.9 Å². The summed E-state index contributed by atoms with van der Waals surface area (Å²) < 4.78 is 12.7. The van der Waals surface area contributed by atoms with Gasteiger partial charge in [-0.1, -0.05) is 33.6 Å². The largest absolute Gasteiger partial charge is 0.422 e. The summed E-state index contributed by atoms with van der Waals surface area (Å²) in [6.45, 7) is 9.06. The van der Waals surface area contributed by atoms with Gasteiger partial charge in [0, 0.05) is 15.4 Å². The van der Waals surface area contributed by atoms with Gasteiger partial charge in [0.2, 0.25) is 0 Å². The van der Waals surface area contributed by atoms with Crippen molar-refractivity contribution in [2.75, 3.05) is 0 Å². The van der Waals surface area contributed by atoms with Crippen LogP contribution in [0.5, 0.6) is 5.75 Å². The molecule has 1 aliphatic heterocycles. The van der Waals surface area contributed by atoms with Gasteiger partial charge >= 0.3 is 5.97 Å². The first kappa shape index (κ1) is 18.2. The minimum atomic E-state index is -0.313. The molecule has 3 aromatic rings. The zero-order valence-electron chi connectivity index (χ0n) is 15.9. The Balaban J connectivity index is 1.88. The van der Waals surface area contributed by atoms with Crippen molar-refractivity contribution in [3.63, 3.8) is 0 Å². The summed E-state index contributed by atoms with van der Waals surface area (Å²) in [5.74, 6) is 0.312. The highest BCUT2D eigenvalue weighted by Crippen LogP contribution is 2.41. The number of fused-ring (bicyclic) bond motifs is 2. The summed E-state index contributed by atoms with van der Waals surface area (Å²) in [7, 11) is 0. The average molecular weight is 425 g/mol. The van der Waals surface area contributed by atoms with Gasteiger partial charge in [-0.2, -0.15) is 0 Å². The van der Waals surface area contributed by atoms with Gasteiger partial charge in [0.1, 0.15) is 5.75 Å². The van der Waals surface area contributed by atoms with E-state index in [-0.39, 0.29) is 5.97 Å². The SMILES string of the molecule is Cc1cc(C)c(C(=O)Oc2c3c(c(C)c4cc(Br)ccc24)COC3)c(C)c1. The lowest BCUT2D eigenvalue weighted by Crippen LogP contribution is -2.14. The fourth-order valence-electron chi connectivity index (χ4n) is 4.08. The zero-order valence-corrected chi connectivity index (χ0v) is 17.5. The number of carbonyl (C=O) groups excluding carboxylic acids is 1. The Hall–Kier alpha value is -2.17. The number of hydrogen-bond donors (Lipinski definition) is 0. The lowest BCUT2D eigenvalue weighted by molar-refractivity contribution is 0.0730. The molecule has 0 aromatic heterocycles. The molecule has 0 aliphatic carbocycles. The molecule has 0 atom stereocenters. The summed E-state index contributed by atoms with van der Waals surface area (Å²) in [5, 5.41) is 2.02. The molecule has 0 bridgehead atoms. The second-order valence-corrected chi connectivity index (χ2v) is 8.17. The van der Waals surface area contributed by atoms with E-state index >= 15 is 0 Å². The van der Waals surface area contributed by atoms with E-state index in [9.17, 15) is 4.79 Å². The van der Waals surface area contributed by atoms with Gasteiger partial charge in [-0.15, -0.1) is 0 Å². The van der Waals surface area contributed by atoms with Gasteiger partial charge in [0.05, 0.1) is 18.8 Å². The van der Waals surface area contributed by atoms with Crippen LogP contribution in [0.3, 0.4) is 0 Å².